The van der Waals surface area contributed by atoms with Crippen LogP contribution in [-0.2, 0) is 9.47 Å². The first-order chi connectivity index (χ1) is 7.07. The van der Waals surface area contributed by atoms with E-state index in [2.05, 4.69) is 0 Å². The van der Waals surface area contributed by atoms with Gasteiger partial charge < -0.3 is 24.8 Å². The number of hydrogen-bond acceptors (Lipinski definition) is 5. The van der Waals surface area contributed by atoms with Gasteiger partial charge in [0.2, 0.25) is 0 Å². The predicted molar refractivity (Wildman–Crippen MR) is 53.6 cm³/mol. The van der Waals surface area contributed by atoms with E-state index >= 15 is 0 Å². The summed E-state index contributed by atoms with van der Waals surface area (Å²) in [6, 6.07) is 0. The summed E-state index contributed by atoms with van der Waals surface area (Å²) in [5, 5.41) is 28.4. The average molecular weight is 241 g/mol. The molecule has 1 aliphatic rings. The van der Waals surface area contributed by atoms with Crippen LogP contribution in [-0.4, -0.2) is 58.5 Å². The maximum atomic E-state index is 9.53. The Kier molecular flexibility index (Phi) is 5.25. The second-order valence-corrected chi connectivity index (χ2v) is 3.97. The Morgan fingerprint density at radius 2 is 1.87 bits per heavy atom. The number of hydrogen-bond donors (Lipinski definition) is 3. The molecule has 6 heteroatoms. The summed E-state index contributed by atoms with van der Waals surface area (Å²) in [7, 11) is 0. The van der Waals surface area contributed by atoms with Gasteiger partial charge in [0, 0.05) is 5.88 Å². The molecule has 0 spiro atoms. The highest BCUT2D eigenvalue weighted by Crippen LogP contribution is 2.21. The zero-order chi connectivity index (χ0) is 11.4. The van der Waals surface area contributed by atoms with E-state index in [4.69, 9.17) is 21.1 Å². The van der Waals surface area contributed by atoms with Crippen molar-refractivity contribution in [3.63, 3.8) is 0 Å². The van der Waals surface area contributed by atoms with Crippen molar-refractivity contribution in [3.8, 4) is 0 Å². The van der Waals surface area contributed by atoms with Crippen molar-refractivity contribution in [2.24, 2.45) is 0 Å². The maximum absolute atomic E-state index is 9.53. The molecular formula is C9H17ClO5. The molecule has 0 aliphatic carbocycles. The zero-order valence-electron chi connectivity index (χ0n) is 8.54. The van der Waals surface area contributed by atoms with E-state index < -0.39 is 30.7 Å². The molecule has 5 nitrogen and oxygen atoms in total. The summed E-state index contributed by atoms with van der Waals surface area (Å²) >= 11 is 5.46. The van der Waals surface area contributed by atoms with Crippen molar-refractivity contribution < 1.29 is 24.8 Å². The summed E-state index contributed by atoms with van der Waals surface area (Å²) in [6.45, 7) is 1.96. The average Bonchev–Trinajstić information content (AvgIpc) is 2.23. The molecule has 0 radical (unpaired) electrons. The Hall–Kier alpha value is 0.0900. The normalized spacial score (nSPS) is 41.8. The maximum Gasteiger partial charge on any atom is 0.186 e. The van der Waals surface area contributed by atoms with Gasteiger partial charge in [-0.05, 0) is 13.3 Å². The first-order valence-corrected chi connectivity index (χ1v) is 5.48. The third-order valence-electron chi connectivity index (χ3n) is 2.37. The lowest BCUT2D eigenvalue weighted by atomic mass is 10.0. The molecule has 1 heterocycles. The molecular weight excluding hydrogens is 224 g/mol. The molecule has 1 rings (SSSR count). The van der Waals surface area contributed by atoms with Gasteiger partial charge in [0.15, 0.2) is 6.29 Å². The topological polar surface area (TPSA) is 79.2 Å². The van der Waals surface area contributed by atoms with Crippen molar-refractivity contribution in [1.29, 1.82) is 0 Å². The van der Waals surface area contributed by atoms with Crippen molar-refractivity contribution >= 4 is 11.6 Å². The second kappa shape index (κ2) is 5.98. The van der Waals surface area contributed by atoms with E-state index in [0.29, 0.717) is 18.9 Å². The van der Waals surface area contributed by atoms with E-state index in [9.17, 15) is 15.3 Å². The van der Waals surface area contributed by atoms with Crippen molar-refractivity contribution in [3.05, 3.63) is 0 Å². The van der Waals surface area contributed by atoms with Gasteiger partial charge in [0.25, 0.3) is 0 Å². The van der Waals surface area contributed by atoms with Crippen LogP contribution in [0.5, 0.6) is 0 Å². The summed E-state index contributed by atoms with van der Waals surface area (Å²) in [5.74, 6) is 0.462. The van der Waals surface area contributed by atoms with E-state index in [-0.39, 0.29) is 0 Å². The van der Waals surface area contributed by atoms with Gasteiger partial charge in [-0.1, -0.05) is 0 Å². The van der Waals surface area contributed by atoms with Crippen molar-refractivity contribution in [2.45, 2.75) is 44.1 Å². The summed E-state index contributed by atoms with van der Waals surface area (Å²) in [4.78, 5) is 0. The fourth-order valence-electron chi connectivity index (χ4n) is 1.41. The molecule has 0 aromatic heterocycles. The molecule has 3 N–H and O–H groups in total. The SMILES string of the molecule is CC1OC(OCCCCl)C(O)[C@@H](O)[C@@H]1O. The Bertz CT molecular complexity index is 191. The van der Waals surface area contributed by atoms with Gasteiger partial charge in [-0.2, -0.15) is 0 Å². The molecule has 1 fully saturated rings. The lowest BCUT2D eigenvalue weighted by Crippen LogP contribution is -2.57. The summed E-state index contributed by atoms with van der Waals surface area (Å²) in [5.41, 5.74) is 0. The Morgan fingerprint density at radius 3 is 2.47 bits per heavy atom. The van der Waals surface area contributed by atoms with Gasteiger partial charge in [-0.3, -0.25) is 0 Å². The molecule has 15 heavy (non-hydrogen) atoms. The van der Waals surface area contributed by atoms with Crippen LogP contribution in [0.4, 0.5) is 0 Å². The summed E-state index contributed by atoms with van der Waals surface area (Å²) < 4.78 is 10.4. The minimum atomic E-state index is -1.24. The molecule has 0 aromatic carbocycles. The lowest BCUT2D eigenvalue weighted by molar-refractivity contribution is -0.292. The fourth-order valence-corrected chi connectivity index (χ4v) is 1.51. The van der Waals surface area contributed by atoms with Crippen LogP contribution >= 0.6 is 11.6 Å². The number of rotatable bonds is 4. The highest BCUT2D eigenvalue weighted by atomic mass is 35.5. The molecule has 90 valence electrons. The van der Waals surface area contributed by atoms with Crippen LogP contribution in [0.1, 0.15) is 13.3 Å². The molecule has 5 atom stereocenters. The number of aliphatic hydroxyl groups excluding tert-OH is 3. The lowest BCUT2D eigenvalue weighted by Gasteiger charge is -2.38. The third kappa shape index (κ3) is 3.27. The van der Waals surface area contributed by atoms with Crippen LogP contribution in [0.3, 0.4) is 0 Å². The minimum absolute atomic E-state index is 0.348. The van der Waals surface area contributed by atoms with E-state index in [1.165, 1.54) is 0 Å². The van der Waals surface area contributed by atoms with Crippen LogP contribution in [0.15, 0.2) is 0 Å². The van der Waals surface area contributed by atoms with Crippen molar-refractivity contribution in [1.82, 2.24) is 0 Å². The number of ether oxygens (including phenoxy) is 2. The van der Waals surface area contributed by atoms with E-state index in [1.807, 2.05) is 0 Å². The monoisotopic (exact) mass is 240 g/mol. The third-order valence-corrected chi connectivity index (χ3v) is 2.64. The molecule has 1 aliphatic heterocycles. The first-order valence-electron chi connectivity index (χ1n) is 4.95. The minimum Gasteiger partial charge on any atom is -0.388 e. The van der Waals surface area contributed by atoms with Gasteiger partial charge in [-0.15, -0.1) is 11.6 Å². The van der Waals surface area contributed by atoms with Gasteiger partial charge in [-0.25, -0.2) is 0 Å². The number of alkyl halides is 1. The highest BCUT2D eigenvalue weighted by Gasteiger charge is 2.42. The first kappa shape index (κ1) is 13.2. The Labute approximate surface area is 93.6 Å². The number of halogens is 1. The quantitative estimate of drug-likeness (QED) is 0.454. The molecule has 1 saturated heterocycles. The molecule has 0 aromatic rings. The molecule has 0 bridgehead atoms. The molecule has 0 saturated carbocycles. The largest absolute Gasteiger partial charge is 0.388 e. The Balaban J connectivity index is 2.43. The highest BCUT2D eigenvalue weighted by molar-refractivity contribution is 6.17. The fraction of sp³-hybridized carbons (Fsp3) is 1.00. The van der Waals surface area contributed by atoms with Gasteiger partial charge in [0.05, 0.1) is 12.7 Å². The van der Waals surface area contributed by atoms with Crippen LogP contribution in [0.25, 0.3) is 0 Å². The second-order valence-electron chi connectivity index (χ2n) is 3.59. The van der Waals surface area contributed by atoms with Crippen LogP contribution in [0.2, 0.25) is 0 Å². The van der Waals surface area contributed by atoms with Crippen molar-refractivity contribution in [2.75, 3.05) is 12.5 Å². The summed E-state index contributed by atoms with van der Waals surface area (Å²) in [6.07, 6.45) is -4.39. The van der Waals surface area contributed by atoms with Gasteiger partial charge >= 0.3 is 0 Å². The zero-order valence-corrected chi connectivity index (χ0v) is 9.30. The molecule has 0 amide bonds. The van der Waals surface area contributed by atoms with Crippen LogP contribution in [0, 0.1) is 0 Å². The van der Waals surface area contributed by atoms with Crippen LogP contribution < -0.4 is 0 Å². The smallest absolute Gasteiger partial charge is 0.186 e. The standard InChI is InChI=1S/C9H17ClO5/c1-5-6(11)7(12)8(13)9(15-5)14-4-2-3-10/h5-9,11-13H,2-4H2,1H3/t5?,6-,7+,8?,9?/m1/s1. The predicted octanol–water partition coefficient (Wildman–Crippen LogP) is -0.541. The number of aliphatic hydroxyl groups is 3. The van der Waals surface area contributed by atoms with Gasteiger partial charge in [0.1, 0.15) is 18.3 Å². The Morgan fingerprint density at radius 1 is 1.20 bits per heavy atom. The van der Waals surface area contributed by atoms with E-state index in [0.717, 1.165) is 0 Å². The molecule has 3 unspecified atom stereocenters. The van der Waals surface area contributed by atoms with E-state index in [1.54, 1.807) is 6.92 Å².